The number of benzene rings is 1. The second-order valence-corrected chi connectivity index (χ2v) is 5.90. The number of nitrogens with two attached hydrogens (primary N) is 1. The van der Waals surface area contributed by atoms with Gasteiger partial charge in [-0.25, -0.2) is 0 Å². The number of amides is 1. The average molecular weight is 343 g/mol. The molecular formula is C15H23BrN2O2. The zero-order chi connectivity index (χ0) is 15.0. The van der Waals surface area contributed by atoms with Crippen LogP contribution in [0.15, 0.2) is 28.7 Å². The summed E-state index contributed by atoms with van der Waals surface area (Å²) < 4.78 is 6.61. The molecule has 0 bridgehead atoms. The van der Waals surface area contributed by atoms with Gasteiger partial charge in [-0.05, 0) is 44.0 Å². The third-order valence-electron chi connectivity index (χ3n) is 2.98. The average Bonchev–Trinajstić information content (AvgIpc) is 2.40. The molecule has 1 aromatic rings. The molecule has 0 aromatic heterocycles. The molecule has 20 heavy (non-hydrogen) atoms. The first-order valence-electron chi connectivity index (χ1n) is 6.87. The molecule has 0 saturated heterocycles. The van der Waals surface area contributed by atoms with Crippen molar-refractivity contribution in [2.45, 2.75) is 32.2 Å². The Morgan fingerprint density at radius 3 is 2.65 bits per heavy atom. The van der Waals surface area contributed by atoms with Gasteiger partial charge in [0.15, 0.2) is 0 Å². The molecule has 0 aliphatic rings. The Balaban J connectivity index is 2.20. The fraction of sp³-hybridized carbons (Fsp3) is 0.533. The molecule has 4 nitrogen and oxygen atoms in total. The van der Waals surface area contributed by atoms with Crippen molar-refractivity contribution in [2.24, 2.45) is 5.73 Å². The Hall–Kier alpha value is -1.07. The molecule has 0 aliphatic carbocycles. The highest BCUT2D eigenvalue weighted by molar-refractivity contribution is 9.10. The van der Waals surface area contributed by atoms with Crippen LogP contribution in [-0.2, 0) is 4.79 Å². The van der Waals surface area contributed by atoms with Crippen molar-refractivity contribution in [1.82, 2.24) is 4.90 Å². The van der Waals surface area contributed by atoms with Crippen molar-refractivity contribution < 1.29 is 9.53 Å². The largest absolute Gasteiger partial charge is 0.492 e. The topological polar surface area (TPSA) is 55.6 Å². The van der Waals surface area contributed by atoms with Gasteiger partial charge in [0.25, 0.3) is 0 Å². The summed E-state index contributed by atoms with van der Waals surface area (Å²) >= 11 is 3.37. The SMILES string of the molecule is CC(N)CCCC(=O)N(C)CCOc1ccc(Br)cc1. The van der Waals surface area contributed by atoms with E-state index in [4.69, 9.17) is 10.5 Å². The maximum Gasteiger partial charge on any atom is 0.222 e. The molecule has 1 amide bonds. The summed E-state index contributed by atoms with van der Waals surface area (Å²) in [5.74, 6) is 0.955. The summed E-state index contributed by atoms with van der Waals surface area (Å²) in [5, 5.41) is 0. The Kier molecular flexibility index (Phi) is 7.62. The number of halogens is 1. The number of likely N-dealkylation sites (N-methyl/N-ethyl adjacent to an activating group) is 1. The summed E-state index contributed by atoms with van der Waals surface area (Å²) in [7, 11) is 1.80. The van der Waals surface area contributed by atoms with E-state index in [1.165, 1.54) is 0 Å². The Bertz CT molecular complexity index is 407. The van der Waals surface area contributed by atoms with Gasteiger partial charge in [0, 0.05) is 24.0 Å². The molecule has 1 atom stereocenters. The van der Waals surface area contributed by atoms with Crippen molar-refractivity contribution in [3.63, 3.8) is 0 Å². The molecule has 0 spiro atoms. The molecular weight excluding hydrogens is 320 g/mol. The molecule has 2 N–H and O–H groups in total. The number of carbonyl (C=O) groups is 1. The van der Waals surface area contributed by atoms with Crippen molar-refractivity contribution >= 4 is 21.8 Å². The minimum atomic E-state index is 0.144. The van der Waals surface area contributed by atoms with Crippen LogP contribution in [0.25, 0.3) is 0 Å². The van der Waals surface area contributed by atoms with E-state index in [9.17, 15) is 4.79 Å². The second kappa shape index (κ2) is 8.97. The van der Waals surface area contributed by atoms with Crippen LogP contribution in [0.4, 0.5) is 0 Å². The van der Waals surface area contributed by atoms with Gasteiger partial charge in [0.2, 0.25) is 5.91 Å². The van der Waals surface area contributed by atoms with Crippen LogP contribution in [0.5, 0.6) is 5.75 Å². The highest BCUT2D eigenvalue weighted by Crippen LogP contribution is 2.15. The number of carbonyl (C=O) groups excluding carboxylic acids is 1. The van der Waals surface area contributed by atoms with E-state index in [-0.39, 0.29) is 11.9 Å². The van der Waals surface area contributed by atoms with Crippen molar-refractivity contribution in [3.8, 4) is 5.75 Å². The van der Waals surface area contributed by atoms with Crippen LogP contribution in [0.1, 0.15) is 26.2 Å². The lowest BCUT2D eigenvalue weighted by Gasteiger charge is -2.17. The molecule has 0 fully saturated rings. The summed E-state index contributed by atoms with van der Waals surface area (Å²) in [6.45, 7) is 3.05. The van der Waals surface area contributed by atoms with Gasteiger partial charge in [-0.3, -0.25) is 4.79 Å². The summed E-state index contributed by atoms with van der Waals surface area (Å²) in [5.41, 5.74) is 5.66. The third-order valence-corrected chi connectivity index (χ3v) is 3.51. The first kappa shape index (κ1) is 17.0. The Morgan fingerprint density at radius 2 is 2.05 bits per heavy atom. The number of rotatable bonds is 8. The second-order valence-electron chi connectivity index (χ2n) is 4.99. The van der Waals surface area contributed by atoms with Crippen molar-refractivity contribution in [3.05, 3.63) is 28.7 Å². The normalized spacial score (nSPS) is 12.0. The van der Waals surface area contributed by atoms with Crippen LogP contribution in [0.2, 0.25) is 0 Å². The fourth-order valence-corrected chi connectivity index (χ4v) is 1.99. The predicted molar refractivity (Wildman–Crippen MR) is 84.8 cm³/mol. The quantitative estimate of drug-likeness (QED) is 0.790. The van der Waals surface area contributed by atoms with Crippen LogP contribution >= 0.6 is 15.9 Å². The van der Waals surface area contributed by atoms with Gasteiger partial charge < -0.3 is 15.4 Å². The first-order chi connectivity index (χ1) is 9.49. The fourth-order valence-electron chi connectivity index (χ4n) is 1.72. The highest BCUT2D eigenvalue weighted by Gasteiger charge is 2.08. The zero-order valence-corrected chi connectivity index (χ0v) is 13.7. The maximum absolute atomic E-state index is 11.8. The molecule has 0 heterocycles. The lowest BCUT2D eigenvalue weighted by atomic mass is 10.1. The molecule has 1 unspecified atom stereocenters. The van der Waals surface area contributed by atoms with Crippen LogP contribution in [-0.4, -0.2) is 37.0 Å². The summed E-state index contributed by atoms with van der Waals surface area (Å²) in [4.78, 5) is 13.5. The van der Waals surface area contributed by atoms with Crippen LogP contribution < -0.4 is 10.5 Å². The van der Waals surface area contributed by atoms with Crippen molar-refractivity contribution in [1.29, 1.82) is 0 Å². The molecule has 1 rings (SSSR count). The predicted octanol–water partition coefficient (Wildman–Crippen LogP) is 2.80. The summed E-state index contributed by atoms with van der Waals surface area (Å²) in [6.07, 6.45) is 2.28. The number of nitrogens with zero attached hydrogens (tertiary/aromatic N) is 1. The van der Waals surface area contributed by atoms with Crippen molar-refractivity contribution in [2.75, 3.05) is 20.2 Å². The van der Waals surface area contributed by atoms with Gasteiger partial charge in [-0.2, -0.15) is 0 Å². The molecule has 112 valence electrons. The van der Waals surface area contributed by atoms with E-state index < -0.39 is 0 Å². The van der Waals surface area contributed by atoms with Crippen LogP contribution in [0.3, 0.4) is 0 Å². The lowest BCUT2D eigenvalue weighted by Crippen LogP contribution is -2.31. The molecule has 0 saturated carbocycles. The van der Waals surface area contributed by atoms with E-state index in [0.717, 1.165) is 23.1 Å². The Labute approximate surface area is 129 Å². The highest BCUT2D eigenvalue weighted by atomic mass is 79.9. The van der Waals surface area contributed by atoms with E-state index >= 15 is 0 Å². The standard InChI is InChI=1S/C15H23BrN2O2/c1-12(17)4-3-5-15(19)18(2)10-11-20-14-8-6-13(16)7-9-14/h6-9,12H,3-5,10-11,17H2,1-2H3. The van der Waals surface area contributed by atoms with Gasteiger partial charge >= 0.3 is 0 Å². The van der Waals surface area contributed by atoms with E-state index in [1.807, 2.05) is 31.2 Å². The minimum Gasteiger partial charge on any atom is -0.492 e. The number of hydrogen-bond donors (Lipinski definition) is 1. The summed E-state index contributed by atoms with van der Waals surface area (Å²) in [6, 6.07) is 7.81. The van der Waals surface area contributed by atoms with Gasteiger partial charge in [0.1, 0.15) is 12.4 Å². The van der Waals surface area contributed by atoms with E-state index in [2.05, 4.69) is 15.9 Å². The number of hydrogen-bond acceptors (Lipinski definition) is 3. The van der Waals surface area contributed by atoms with Gasteiger partial charge in [0.05, 0.1) is 6.54 Å². The minimum absolute atomic E-state index is 0.144. The van der Waals surface area contributed by atoms with E-state index in [1.54, 1.807) is 11.9 Å². The molecule has 5 heteroatoms. The first-order valence-corrected chi connectivity index (χ1v) is 7.66. The number of ether oxygens (including phenoxy) is 1. The monoisotopic (exact) mass is 342 g/mol. The third kappa shape index (κ3) is 6.91. The Morgan fingerprint density at radius 1 is 1.40 bits per heavy atom. The zero-order valence-electron chi connectivity index (χ0n) is 12.1. The molecule has 0 aliphatic heterocycles. The smallest absolute Gasteiger partial charge is 0.222 e. The van der Waals surface area contributed by atoms with E-state index in [0.29, 0.717) is 19.6 Å². The maximum atomic E-state index is 11.8. The molecule has 0 radical (unpaired) electrons. The van der Waals surface area contributed by atoms with Crippen LogP contribution in [0, 0.1) is 0 Å². The lowest BCUT2D eigenvalue weighted by molar-refractivity contribution is -0.130. The van der Waals surface area contributed by atoms with Gasteiger partial charge in [-0.1, -0.05) is 15.9 Å². The van der Waals surface area contributed by atoms with Gasteiger partial charge in [-0.15, -0.1) is 0 Å². The molecule has 1 aromatic carbocycles.